The minimum absolute atomic E-state index is 0.0658. The van der Waals surface area contributed by atoms with Gasteiger partial charge in [-0.25, -0.2) is 13.4 Å². The molecule has 0 saturated carbocycles. The van der Waals surface area contributed by atoms with E-state index >= 15 is 0 Å². The first-order valence-corrected chi connectivity index (χ1v) is 11.1. The largest absolute Gasteiger partial charge is 0.317 e. The van der Waals surface area contributed by atoms with E-state index in [2.05, 4.69) is 15.3 Å². The van der Waals surface area contributed by atoms with Crippen molar-refractivity contribution in [3.05, 3.63) is 42.6 Å². The van der Waals surface area contributed by atoms with Gasteiger partial charge < -0.3 is 4.90 Å². The second-order valence-electron chi connectivity index (χ2n) is 6.76. The minimum Gasteiger partial charge on any atom is -0.317 e. The third-order valence-electron chi connectivity index (χ3n) is 4.60. The molecule has 3 heterocycles. The predicted octanol–water partition coefficient (Wildman–Crippen LogP) is 2.11. The molecular weight excluding hydrogens is 400 g/mol. The molecule has 1 unspecified atom stereocenters. The topological polar surface area (TPSA) is 109 Å². The number of aliphatic imine (C=N–C) groups is 1. The summed E-state index contributed by atoms with van der Waals surface area (Å²) in [5.41, 5.74) is -0.564. The van der Waals surface area contributed by atoms with Gasteiger partial charge in [0.2, 0.25) is 0 Å². The highest BCUT2D eigenvalue weighted by atomic mass is 32.2. The summed E-state index contributed by atoms with van der Waals surface area (Å²) in [6, 6.07) is 4.62. The van der Waals surface area contributed by atoms with Crippen LogP contribution in [-0.2, 0) is 19.4 Å². The van der Waals surface area contributed by atoms with Crippen molar-refractivity contribution < 1.29 is 18.0 Å². The van der Waals surface area contributed by atoms with E-state index in [-0.39, 0.29) is 17.2 Å². The molecular formula is C18H16N4O4S2. The molecule has 0 spiro atoms. The van der Waals surface area contributed by atoms with Crippen LogP contribution in [0.2, 0.25) is 0 Å². The van der Waals surface area contributed by atoms with E-state index in [0.29, 0.717) is 21.2 Å². The maximum atomic E-state index is 13.0. The van der Waals surface area contributed by atoms with Gasteiger partial charge in [0.05, 0.1) is 21.5 Å². The lowest BCUT2D eigenvalue weighted by Crippen LogP contribution is -2.58. The number of thiazole rings is 1. The van der Waals surface area contributed by atoms with Crippen LogP contribution in [-0.4, -0.2) is 47.7 Å². The molecule has 8 nitrogen and oxygen atoms in total. The molecule has 10 heteroatoms. The Bertz CT molecular complexity index is 1210. The van der Waals surface area contributed by atoms with E-state index < -0.39 is 21.3 Å². The van der Waals surface area contributed by atoms with Crippen LogP contribution in [0.4, 0.5) is 5.13 Å². The van der Waals surface area contributed by atoms with Gasteiger partial charge in [0.25, 0.3) is 11.8 Å². The standard InChI is InChI=1S/C18H16N4O4S2/c1-18(10-15(23)20-14-5-3-4-8-22(14)18)16(24)21-17-19-12-7-6-11(28(2,25)26)9-13(12)27-17/h3-9H,10H2,1-2H3,(H,19,21,24). The Morgan fingerprint density at radius 1 is 1.32 bits per heavy atom. The molecule has 2 aromatic rings. The smallest absolute Gasteiger partial charge is 0.252 e. The number of hydrogen-bond donors (Lipinski definition) is 1. The summed E-state index contributed by atoms with van der Waals surface area (Å²) in [5, 5.41) is 3.10. The van der Waals surface area contributed by atoms with E-state index in [1.54, 1.807) is 42.3 Å². The van der Waals surface area contributed by atoms with Gasteiger partial charge in [-0.1, -0.05) is 17.4 Å². The third-order valence-corrected chi connectivity index (χ3v) is 6.65. The van der Waals surface area contributed by atoms with Gasteiger partial charge in [-0.2, -0.15) is 4.99 Å². The van der Waals surface area contributed by atoms with Crippen LogP contribution >= 0.6 is 11.3 Å². The number of benzene rings is 1. The van der Waals surface area contributed by atoms with Crippen molar-refractivity contribution in [1.29, 1.82) is 0 Å². The monoisotopic (exact) mass is 416 g/mol. The van der Waals surface area contributed by atoms with Gasteiger partial charge in [-0.3, -0.25) is 14.9 Å². The molecule has 2 aliphatic rings. The molecule has 2 amide bonds. The van der Waals surface area contributed by atoms with Crippen LogP contribution < -0.4 is 5.32 Å². The number of allylic oxidation sites excluding steroid dienone is 2. The fraction of sp³-hybridized carbons (Fsp3) is 0.222. The van der Waals surface area contributed by atoms with Crippen molar-refractivity contribution in [2.24, 2.45) is 4.99 Å². The number of carbonyl (C=O) groups excluding carboxylic acids is 2. The van der Waals surface area contributed by atoms with Crippen LogP contribution in [0.1, 0.15) is 13.3 Å². The Hall–Kier alpha value is -2.85. The molecule has 2 aliphatic heterocycles. The van der Waals surface area contributed by atoms with E-state index in [1.165, 1.54) is 23.5 Å². The van der Waals surface area contributed by atoms with Gasteiger partial charge >= 0.3 is 0 Å². The number of nitrogens with one attached hydrogen (secondary N) is 1. The summed E-state index contributed by atoms with van der Waals surface area (Å²) in [6.45, 7) is 1.67. The summed E-state index contributed by atoms with van der Waals surface area (Å²) < 4.78 is 24.1. The molecule has 144 valence electrons. The number of hydrogen-bond acceptors (Lipinski definition) is 7. The molecule has 0 saturated heterocycles. The number of anilines is 1. The minimum atomic E-state index is -3.33. The Labute approximate surface area is 165 Å². The lowest BCUT2D eigenvalue weighted by molar-refractivity contribution is -0.130. The first-order chi connectivity index (χ1) is 13.2. The van der Waals surface area contributed by atoms with E-state index in [0.717, 1.165) is 6.26 Å². The van der Waals surface area contributed by atoms with Gasteiger partial charge in [-0.05, 0) is 37.3 Å². The highest BCUT2D eigenvalue weighted by Gasteiger charge is 2.45. The second-order valence-corrected chi connectivity index (χ2v) is 9.81. The Morgan fingerprint density at radius 2 is 2.11 bits per heavy atom. The van der Waals surface area contributed by atoms with E-state index in [1.807, 2.05) is 0 Å². The van der Waals surface area contributed by atoms with Crippen LogP contribution in [0, 0.1) is 0 Å². The third kappa shape index (κ3) is 3.14. The summed E-state index contributed by atoms with van der Waals surface area (Å²) in [4.78, 5) is 35.3. The van der Waals surface area contributed by atoms with Crippen molar-refractivity contribution in [2.45, 2.75) is 23.8 Å². The lowest BCUT2D eigenvalue weighted by Gasteiger charge is -2.41. The summed E-state index contributed by atoms with van der Waals surface area (Å²) in [5.74, 6) is -0.347. The number of nitrogens with zero attached hydrogens (tertiary/aromatic N) is 3. The van der Waals surface area contributed by atoms with Crippen LogP contribution in [0.15, 0.2) is 52.5 Å². The average Bonchev–Trinajstić information content (AvgIpc) is 3.02. The first-order valence-electron chi connectivity index (χ1n) is 8.35. The SMILES string of the molecule is CC1(C(=O)Nc2nc3ccc(S(C)(=O)=O)cc3s2)CC(=O)N=C2C=CC=CN21. The fourth-order valence-electron chi connectivity index (χ4n) is 3.10. The summed E-state index contributed by atoms with van der Waals surface area (Å²) in [6.07, 6.45) is 7.97. The molecule has 1 aromatic heterocycles. The number of sulfone groups is 1. The zero-order valence-corrected chi connectivity index (χ0v) is 16.7. The van der Waals surface area contributed by atoms with Gasteiger partial charge in [0.15, 0.2) is 15.0 Å². The van der Waals surface area contributed by atoms with Crippen LogP contribution in [0.25, 0.3) is 10.2 Å². The van der Waals surface area contributed by atoms with Crippen molar-refractivity contribution in [3.8, 4) is 0 Å². The van der Waals surface area contributed by atoms with Crippen molar-refractivity contribution in [1.82, 2.24) is 9.88 Å². The van der Waals surface area contributed by atoms with Crippen LogP contribution in [0.5, 0.6) is 0 Å². The molecule has 4 rings (SSSR count). The number of aromatic nitrogens is 1. The van der Waals surface area contributed by atoms with Gasteiger partial charge in [0, 0.05) is 12.5 Å². The molecule has 0 bridgehead atoms. The average molecular weight is 416 g/mol. The van der Waals surface area contributed by atoms with Crippen molar-refractivity contribution >= 4 is 54.2 Å². The summed E-state index contributed by atoms with van der Waals surface area (Å²) in [7, 11) is -3.33. The summed E-state index contributed by atoms with van der Waals surface area (Å²) >= 11 is 1.18. The Balaban J connectivity index is 1.64. The quantitative estimate of drug-likeness (QED) is 0.821. The van der Waals surface area contributed by atoms with Crippen LogP contribution in [0.3, 0.4) is 0 Å². The molecule has 28 heavy (non-hydrogen) atoms. The molecule has 0 fully saturated rings. The zero-order chi connectivity index (χ0) is 20.1. The predicted molar refractivity (Wildman–Crippen MR) is 107 cm³/mol. The maximum Gasteiger partial charge on any atom is 0.252 e. The van der Waals surface area contributed by atoms with Gasteiger partial charge in [0.1, 0.15) is 11.4 Å². The normalized spacial score (nSPS) is 21.6. The highest BCUT2D eigenvalue weighted by Crippen LogP contribution is 2.32. The van der Waals surface area contributed by atoms with Crippen molar-refractivity contribution in [2.75, 3.05) is 11.6 Å². The fourth-order valence-corrected chi connectivity index (χ4v) is 4.72. The van der Waals surface area contributed by atoms with Gasteiger partial charge in [-0.15, -0.1) is 0 Å². The first kappa shape index (κ1) is 18.5. The second kappa shape index (κ2) is 6.35. The number of amides is 2. The van der Waals surface area contributed by atoms with E-state index in [4.69, 9.17) is 0 Å². The number of carbonyl (C=O) groups is 2. The Morgan fingerprint density at radius 3 is 2.86 bits per heavy atom. The Kier molecular flexibility index (Phi) is 4.20. The van der Waals surface area contributed by atoms with Crippen molar-refractivity contribution in [3.63, 3.8) is 0 Å². The number of amidine groups is 1. The maximum absolute atomic E-state index is 13.0. The zero-order valence-electron chi connectivity index (χ0n) is 15.0. The molecule has 1 atom stereocenters. The number of fused-ring (bicyclic) bond motifs is 2. The highest BCUT2D eigenvalue weighted by molar-refractivity contribution is 7.90. The molecule has 0 radical (unpaired) electrons. The number of rotatable bonds is 3. The molecule has 1 N–H and O–H groups in total. The molecule has 0 aliphatic carbocycles. The molecule has 1 aromatic carbocycles. The lowest BCUT2D eigenvalue weighted by atomic mass is 9.91. The van der Waals surface area contributed by atoms with E-state index in [9.17, 15) is 18.0 Å².